The second-order valence-corrected chi connectivity index (χ2v) is 6.11. The minimum absolute atomic E-state index is 0.137. The third kappa shape index (κ3) is 3.46. The van der Waals surface area contributed by atoms with Crippen molar-refractivity contribution in [3.8, 4) is 0 Å². The number of nitro benzene ring substituents is 1. The van der Waals surface area contributed by atoms with Crippen molar-refractivity contribution >= 4 is 28.7 Å². The zero-order valence-electron chi connectivity index (χ0n) is 14.4. The molecule has 26 heavy (non-hydrogen) atoms. The van der Waals surface area contributed by atoms with Gasteiger partial charge in [-0.2, -0.15) is 5.10 Å². The van der Waals surface area contributed by atoms with E-state index < -0.39 is 10.8 Å². The Bertz CT molecular complexity index is 1000. The van der Waals surface area contributed by atoms with E-state index in [0.717, 1.165) is 16.5 Å². The smallest absolute Gasteiger partial charge is 0.271 e. The monoisotopic (exact) mass is 350 g/mol. The zero-order valence-corrected chi connectivity index (χ0v) is 14.4. The van der Waals surface area contributed by atoms with Gasteiger partial charge in [-0.3, -0.25) is 14.9 Å². The first kappa shape index (κ1) is 17.3. The highest BCUT2D eigenvalue weighted by Gasteiger charge is 2.11. The molecule has 2 aromatic carbocycles. The molecule has 0 aliphatic rings. The number of hydrazone groups is 1. The van der Waals surface area contributed by atoms with E-state index >= 15 is 0 Å². The molecule has 0 bridgehead atoms. The molecule has 132 valence electrons. The molecule has 1 amide bonds. The van der Waals surface area contributed by atoms with Crippen LogP contribution >= 0.6 is 0 Å². The van der Waals surface area contributed by atoms with Crippen LogP contribution in [-0.2, 0) is 0 Å². The van der Waals surface area contributed by atoms with Crippen molar-refractivity contribution in [2.24, 2.45) is 5.10 Å². The third-order valence-corrected chi connectivity index (χ3v) is 4.02. The molecule has 1 N–H and O–H groups in total. The molecule has 0 radical (unpaired) electrons. The number of nitrogens with zero attached hydrogens (tertiary/aromatic N) is 3. The predicted molar refractivity (Wildman–Crippen MR) is 100 cm³/mol. The lowest BCUT2D eigenvalue weighted by atomic mass is 10.2. The van der Waals surface area contributed by atoms with Crippen molar-refractivity contribution in [3.63, 3.8) is 0 Å². The van der Waals surface area contributed by atoms with Gasteiger partial charge in [0.05, 0.1) is 11.1 Å². The summed E-state index contributed by atoms with van der Waals surface area (Å²) in [5.74, 6) is -0.502. The molecule has 1 aromatic heterocycles. The molecule has 0 aliphatic heterocycles. The molecule has 0 aliphatic carbocycles. The molecule has 1 heterocycles. The number of hydrogen-bond donors (Lipinski definition) is 1. The molecule has 0 saturated carbocycles. The molecular weight excluding hydrogens is 332 g/mol. The van der Waals surface area contributed by atoms with Gasteiger partial charge in [0.15, 0.2) is 0 Å². The Kier molecular flexibility index (Phi) is 4.79. The Morgan fingerprint density at radius 3 is 2.73 bits per heavy atom. The van der Waals surface area contributed by atoms with Gasteiger partial charge in [0.2, 0.25) is 0 Å². The van der Waals surface area contributed by atoms with E-state index in [4.69, 9.17) is 0 Å². The van der Waals surface area contributed by atoms with Crippen molar-refractivity contribution in [1.82, 2.24) is 9.99 Å². The summed E-state index contributed by atoms with van der Waals surface area (Å²) >= 11 is 0. The Labute approximate surface area is 150 Å². The number of benzene rings is 2. The second-order valence-electron chi connectivity index (χ2n) is 6.11. The summed E-state index contributed by atoms with van der Waals surface area (Å²) in [5, 5.41) is 15.8. The van der Waals surface area contributed by atoms with Crippen LogP contribution in [0.3, 0.4) is 0 Å². The number of amides is 1. The SMILES string of the molecule is CC(C)n1cc(/C=N\NC(=O)c2cccc([N+](=O)[O-])c2)c2ccccc21. The number of aromatic nitrogens is 1. The summed E-state index contributed by atoms with van der Waals surface area (Å²) in [6.45, 7) is 4.19. The maximum Gasteiger partial charge on any atom is 0.271 e. The van der Waals surface area contributed by atoms with Crippen LogP contribution < -0.4 is 5.43 Å². The molecule has 0 unspecified atom stereocenters. The Hall–Kier alpha value is -3.48. The summed E-state index contributed by atoms with van der Waals surface area (Å²) in [5.41, 5.74) is 4.43. The fraction of sp³-hybridized carbons (Fsp3) is 0.158. The van der Waals surface area contributed by atoms with Gasteiger partial charge in [-0.25, -0.2) is 5.43 Å². The van der Waals surface area contributed by atoms with Crippen LogP contribution in [0.5, 0.6) is 0 Å². The molecule has 0 saturated heterocycles. The van der Waals surface area contributed by atoms with E-state index in [9.17, 15) is 14.9 Å². The standard InChI is InChI=1S/C19H18N4O3/c1-13(2)22-12-15(17-8-3-4-9-18(17)22)11-20-21-19(24)14-6-5-7-16(10-14)23(25)26/h3-13H,1-2H3,(H,21,24)/b20-11-. The number of non-ortho nitro benzene ring substituents is 1. The zero-order chi connectivity index (χ0) is 18.7. The van der Waals surface area contributed by atoms with Gasteiger partial charge >= 0.3 is 0 Å². The molecule has 3 rings (SSSR count). The number of hydrogen-bond acceptors (Lipinski definition) is 4. The quantitative estimate of drug-likeness (QED) is 0.430. The van der Waals surface area contributed by atoms with Crippen LogP contribution in [-0.4, -0.2) is 21.6 Å². The maximum atomic E-state index is 12.1. The number of nitro groups is 1. The van der Waals surface area contributed by atoms with Gasteiger partial charge in [0, 0.05) is 46.4 Å². The number of rotatable bonds is 5. The van der Waals surface area contributed by atoms with E-state index in [2.05, 4.69) is 28.9 Å². The number of nitrogens with one attached hydrogen (secondary N) is 1. The molecule has 0 fully saturated rings. The minimum Gasteiger partial charge on any atom is -0.344 e. The van der Waals surface area contributed by atoms with Gasteiger partial charge in [-0.1, -0.05) is 24.3 Å². The topological polar surface area (TPSA) is 89.5 Å². The van der Waals surface area contributed by atoms with Crippen molar-refractivity contribution in [2.45, 2.75) is 19.9 Å². The first-order chi connectivity index (χ1) is 12.5. The highest BCUT2D eigenvalue weighted by Crippen LogP contribution is 2.23. The van der Waals surface area contributed by atoms with E-state index in [-0.39, 0.29) is 11.3 Å². The average molecular weight is 350 g/mol. The number of fused-ring (bicyclic) bond motifs is 1. The van der Waals surface area contributed by atoms with Gasteiger partial charge in [0.25, 0.3) is 11.6 Å². The van der Waals surface area contributed by atoms with Gasteiger partial charge in [-0.05, 0) is 26.0 Å². The van der Waals surface area contributed by atoms with Crippen LogP contribution in [0.2, 0.25) is 0 Å². The summed E-state index contributed by atoms with van der Waals surface area (Å²) in [4.78, 5) is 22.4. The van der Waals surface area contributed by atoms with Crippen molar-refractivity contribution in [3.05, 3.63) is 76.0 Å². The number of para-hydroxylation sites is 1. The molecule has 0 spiro atoms. The minimum atomic E-state index is -0.541. The van der Waals surface area contributed by atoms with Crippen LogP contribution in [0.1, 0.15) is 35.8 Å². The Morgan fingerprint density at radius 2 is 2.00 bits per heavy atom. The van der Waals surface area contributed by atoms with E-state index in [1.54, 1.807) is 6.21 Å². The molecule has 7 heteroatoms. The molecule has 0 atom stereocenters. The van der Waals surface area contributed by atoms with Crippen LogP contribution in [0, 0.1) is 10.1 Å². The van der Waals surface area contributed by atoms with Crippen molar-refractivity contribution in [2.75, 3.05) is 0 Å². The summed E-state index contributed by atoms with van der Waals surface area (Å²) in [7, 11) is 0. The van der Waals surface area contributed by atoms with Crippen molar-refractivity contribution in [1.29, 1.82) is 0 Å². The predicted octanol–water partition coefficient (Wildman–Crippen LogP) is 3.89. The fourth-order valence-electron chi connectivity index (χ4n) is 2.75. The largest absolute Gasteiger partial charge is 0.344 e. The first-order valence-corrected chi connectivity index (χ1v) is 8.15. The van der Waals surface area contributed by atoms with Crippen LogP contribution in [0.15, 0.2) is 59.8 Å². The third-order valence-electron chi connectivity index (χ3n) is 4.02. The second kappa shape index (κ2) is 7.18. The van der Waals surface area contributed by atoms with Crippen molar-refractivity contribution < 1.29 is 9.72 Å². The molecule has 3 aromatic rings. The highest BCUT2D eigenvalue weighted by molar-refractivity contribution is 6.00. The first-order valence-electron chi connectivity index (χ1n) is 8.15. The van der Waals surface area contributed by atoms with Crippen LogP contribution in [0.25, 0.3) is 10.9 Å². The number of carbonyl (C=O) groups is 1. The maximum absolute atomic E-state index is 12.1. The van der Waals surface area contributed by atoms with Crippen LogP contribution in [0.4, 0.5) is 5.69 Å². The number of carbonyl (C=O) groups excluding carboxylic acids is 1. The molecule has 7 nitrogen and oxygen atoms in total. The fourth-order valence-corrected chi connectivity index (χ4v) is 2.75. The molecular formula is C19H18N4O3. The summed E-state index contributed by atoms with van der Waals surface area (Å²) < 4.78 is 2.14. The summed E-state index contributed by atoms with van der Waals surface area (Å²) in [6.07, 6.45) is 3.56. The summed E-state index contributed by atoms with van der Waals surface area (Å²) in [6, 6.07) is 13.8. The lowest BCUT2D eigenvalue weighted by Crippen LogP contribution is -2.17. The average Bonchev–Trinajstić information content (AvgIpc) is 3.01. The Balaban J connectivity index is 1.81. The van der Waals surface area contributed by atoms with E-state index in [0.29, 0.717) is 6.04 Å². The lowest BCUT2D eigenvalue weighted by Gasteiger charge is -2.08. The van der Waals surface area contributed by atoms with E-state index in [1.165, 1.54) is 24.3 Å². The van der Waals surface area contributed by atoms with Gasteiger partial charge < -0.3 is 4.57 Å². The Morgan fingerprint density at radius 1 is 1.23 bits per heavy atom. The van der Waals surface area contributed by atoms with E-state index in [1.807, 2.05) is 30.5 Å². The van der Waals surface area contributed by atoms with Gasteiger partial charge in [-0.15, -0.1) is 0 Å². The lowest BCUT2D eigenvalue weighted by molar-refractivity contribution is -0.384. The van der Waals surface area contributed by atoms with Gasteiger partial charge in [0.1, 0.15) is 0 Å². The highest BCUT2D eigenvalue weighted by atomic mass is 16.6. The normalized spacial score (nSPS) is 11.3.